The van der Waals surface area contributed by atoms with Crippen molar-refractivity contribution in [1.82, 2.24) is 9.80 Å². The molecular weight excluding hydrogens is 324 g/mol. The van der Waals surface area contributed by atoms with E-state index in [1.165, 1.54) is 5.56 Å². The smallest absolute Gasteiger partial charge is 0.246 e. The van der Waals surface area contributed by atoms with E-state index in [-0.39, 0.29) is 5.91 Å². The topological polar surface area (TPSA) is 32.8 Å². The highest BCUT2D eigenvalue weighted by Crippen LogP contribution is 2.26. The lowest BCUT2D eigenvalue weighted by molar-refractivity contribution is -0.126. The Balaban J connectivity index is 1.69. The van der Waals surface area contributed by atoms with Gasteiger partial charge in [0.15, 0.2) is 0 Å². The fourth-order valence-electron chi connectivity index (χ4n) is 2.97. The molecule has 1 amide bonds. The first-order valence-electron chi connectivity index (χ1n) is 9.03. The molecule has 0 bridgehead atoms. The minimum Gasteiger partial charge on any atom is -0.493 e. The van der Waals surface area contributed by atoms with E-state index in [4.69, 9.17) is 4.74 Å². The summed E-state index contributed by atoms with van der Waals surface area (Å²) in [6.07, 6.45) is 4.51. The standard InChI is InChI=1S/C22H26N2O2/c1-23(2)13-14-24(17-19-6-4-3-5-7-19)22(25)11-9-18-8-10-21-20(16-18)12-15-26-21/h3-11,16H,12-15,17H2,1-2H3/b11-9+. The third-order valence-corrected chi connectivity index (χ3v) is 4.48. The van der Waals surface area contributed by atoms with Crippen LogP contribution in [-0.4, -0.2) is 49.5 Å². The SMILES string of the molecule is CN(C)CCN(Cc1ccccc1)C(=O)/C=C/c1ccc2c(c1)CCO2. The number of likely N-dealkylation sites (N-methyl/N-ethyl adjacent to an activating group) is 1. The van der Waals surface area contributed by atoms with E-state index >= 15 is 0 Å². The van der Waals surface area contributed by atoms with Gasteiger partial charge in [-0.3, -0.25) is 4.79 Å². The molecule has 26 heavy (non-hydrogen) atoms. The van der Waals surface area contributed by atoms with E-state index in [0.717, 1.165) is 36.4 Å². The number of rotatable bonds is 7. The van der Waals surface area contributed by atoms with Crippen LogP contribution in [0.1, 0.15) is 16.7 Å². The van der Waals surface area contributed by atoms with Crippen LogP contribution in [0.5, 0.6) is 5.75 Å². The fraction of sp³-hybridized carbons (Fsp3) is 0.318. The molecule has 0 aliphatic carbocycles. The van der Waals surface area contributed by atoms with Crippen molar-refractivity contribution in [2.45, 2.75) is 13.0 Å². The van der Waals surface area contributed by atoms with Gasteiger partial charge in [-0.05, 0) is 49.0 Å². The Morgan fingerprint density at radius 2 is 1.92 bits per heavy atom. The van der Waals surface area contributed by atoms with Crippen molar-refractivity contribution in [2.75, 3.05) is 33.8 Å². The lowest BCUT2D eigenvalue weighted by Gasteiger charge is -2.23. The molecule has 0 radical (unpaired) electrons. The van der Waals surface area contributed by atoms with Crippen molar-refractivity contribution in [1.29, 1.82) is 0 Å². The molecule has 0 spiro atoms. The zero-order chi connectivity index (χ0) is 18.4. The van der Waals surface area contributed by atoms with E-state index in [0.29, 0.717) is 13.1 Å². The summed E-state index contributed by atoms with van der Waals surface area (Å²) < 4.78 is 5.53. The number of hydrogen-bond acceptors (Lipinski definition) is 3. The van der Waals surface area contributed by atoms with E-state index in [9.17, 15) is 4.79 Å². The first-order valence-corrected chi connectivity index (χ1v) is 9.03. The summed E-state index contributed by atoms with van der Waals surface area (Å²) in [4.78, 5) is 16.7. The number of fused-ring (bicyclic) bond motifs is 1. The highest BCUT2D eigenvalue weighted by Gasteiger charge is 2.13. The predicted octanol–water partition coefficient (Wildman–Crippen LogP) is 3.23. The molecular formula is C22H26N2O2. The molecule has 0 fully saturated rings. The van der Waals surface area contributed by atoms with Crippen LogP contribution in [0.3, 0.4) is 0 Å². The minimum absolute atomic E-state index is 0.0347. The van der Waals surface area contributed by atoms with Crippen LogP contribution >= 0.6 is 0 Å². The van der Waals surface area contributed by atoms with Gasteiger partial charge in [-0.15, -0.1) is 0 Å². The van der Waals surface area contributed by atoms with Gasteiger partial charge in [0.1, 0.15) is 5.75 Å². The molecule has 4 nitrogen and oxygen atoms in total. The average molecular weight is 350 g/mol. The molecule has 0 saturated carbocycles. The number of amides is 1. The van der Waals surface area contributed by atoms with Crippen molar-refractivity contribution >= 4 is 12.0 Å². The molecule has 4 heteroatoms. The van der Waals surface area contributed by atoms with E-state index in [2.05, 4.69) is 23.1 Å². The van der Waals surface area contributed by atoms with Crippen LogP contribution in [0.2, 0.25) is 0 Å². The van der Waals surface area contributed by atoms with Gasteiger partial charge < -0.3 is 14.5 Å². The van der Waals surface area contributed by atoms with Gasteiger partial charge in [-0.2, -0.15) is 0 Å². The lowest BCUT2D eigenvalue weighted by Crippen LogP contribution is -2.35. The summed E-state index contributed by atoms with van der Waals surface area (Å²) in [6.45, 7) is 2.90. The molecule has 2 aromatic rings. The molecule has 0 atom stereocenters. The van der Waals surface area contributed by atoms with E-state index in [1.54, 1.807) is 6.08 Å². The lowest BCUT2D eigenvalue weighted by atomic mass is 10.1. The number of hydrogen-bond donors (Lipinski definition) is 0. The van der Waals surface area contributed by atoms with Crippen LogP contribution in [0.25, 0.3) is 6.08 Å². The van der Waals surface area contributed by atoms with Crippen LogP contribution in [-0.2, 0) is 17.8 Å². The number of carbonyl (C=O) groups is 1. The zero-order valence-corrected chi connectivity index (χ0v) is 15.5. The maximum absolute atomic E-state index is 12.8. The first-order chi connectivity index (χ1) is 12.6. The summed E-state index contributed by atoms with van der Waals surface area (Å²) in [5.41, 5.74) is 3.39. The third kappa shape index (κ3) is 4.96. The Morgan fingerprint density at radius 3 is 2.69 bits per heavy atom. The Kier molecular flexibility index (Phi) is 6.08. The minimum atomic E-state index is 0.0347. The Labute approximate surface area is 155 Å². The monoisotopic (exact) mass is 350 g/mol. The van der Waals surface area contributed by atoms with Gasteiger partial charge in [0.25, 0.3) is 0 Å². The van der Waals surface area contributed by atoms with Crippen LogP contribution < -0.4 is 4.74 Å². The van der Waals surface area contributed by atoms with Crippen molar-refractivity contribution < 1.29 is 9.53 Å². The van der Waals surface area contributed by atoms with Gasteiger partial charge in [-0.25, -0.2) is 0 Å². The number of carbonyl (C=O) groups excluding carboxylic acids is 1. The largest absolute Gasteiger partial charge is 0.493 e. The van der Waals surface area contributed by atoms with Crippen LogP contribution in [0, 0.1) is 0 Å². The molecule has 1 heterocycles. The van der Waals surface area contributed by atoms with Crippen molar-refractivity contribution in [3.8, 4) is 5.75 Å². The molecule has 3 rings (SSSR count). The predicted molar refractivity (Wildman–Crippen MR) is 105 cm³/mol. The Hall–Kier alpha value is -2.59. The fourth-order valence-corrected chi connectivity index (χ4v) is 2.97. The highest BCUT2D eigenvalue weighted by molar-refractivity contribution is 5.91. The van der Waals surface area contributed by atoms with Gasteiger partial charge in [0.2, 0.25) is 5.91 Å². The van der Waals surface area contributed by atoms with Gasteiger partial charge in [0, 0.05) is 32.1 Å². The first kappa shape index (κ1) is 18.2. The second kappa shape index (κ2) is 8.68. The number of benzene rings is 2. The normalized spacial score (nSPS) is 13.0. The Bertz CT molecular complexity index is 769. The summed E-state index contributed by atoms with van der Waals surface area (Å²) in [6, 6.07) is 16.2. The highest BCUT2D eigenvalue weighted by atomic mass is 16.5. The quantitative estimate of drug-likeness (QED) is 0.719. The molecule has 0 N–H and O–H groups in total. The summed E-state index contributed by atoms with van der Waals surface area (Å²) in [7, 11) is 4.04. The van der Waals surface area contributed by atoms with Crippen molar-refractivity contribution in [3.63, 3.8) is 0 Å². The van der Waals surface area contributed by atoms with Gasteiger partial charge in [0.05, 0.1) is 6.61 Å². The average Bonchev–Trinajstić information content (AvgIpc) is 3.11. The van der Waals surface area contributed by atoms with Crippen molar-refractivity contribution in [2.24, 2.45) is 0 Å². The molecule has 2 aromatic carbocycles. The Morgan fingerprint density at radius 1 is 1.12 bits per heavy atom. The summed E-state index contributed by atoms with van der Waals surface area (Å²) in [5.74, 6) is 0.998. The van der Waals surface area contributed by atoms with Crippen LogP contribution in [0.4, 0.5) is 0 Å². The zero-order valence-electron chi connectivity index (χ0n) is 15.5. The van der Waals surface area contributed by atoms with Gasteiger partial charge >= 0.3 is 0 Å². The molecule has 1 aliphatic rings. The molecule has 1 aliphatic heterocycles. The molecule has 0 saturated heterocycles. The van der Waals surface area contributed by atoms with E-state index < -0.39 is 0 Å². The molecule has 0 unspecified atom stereocenters. The molecule has 0 aromatic heterocycles. The number of nitrogens with zero attached hydrogens (tertiary/aromatic N) is 2. The second-order valence-electron chi connectivity index (χ2n) is 6.85. The van der Waals surface area contributed by atoms with Crippen molar-refractivity contribution in [3.05, 3.63) is 71.3 Å². The van der Waals surface area contributed by atoms with Gasteiger partial charge in [-0.1, -0.05) is 36.4 Å². The summed E-state index contributed by atoms with van der Waals surface area (Å²) >= 11 is 0. The molecule has 136 valence electrons. The maximum atomic E-state index is 12.8. The summed E-state index contributed by atoms with van der Waals surface area (Å²) in [5, 5.41) is 0. The third-order valence-electron chi connectivity index (χ3n) is 4.48. The maximum Gasteiger partial charge on any atom is 0.246 e. The second-order valence-corrected chi connectivity index (χ2v) is 6.85. The van der Waals surface area contributed by atoms with E-state index in [1.807, 2.05) is 55.4 Å². The number of ether oxygens (including phenoxy) is 1. The van der Waals surface area contributed by atoms with Crippen LogP contribution in [0.15, 0.2) is 54.6 Å².